The first kappa shape index (κ1) is 41.5. The SMILES string of the molecule is C[C@@H](NS(C)(=O)=O)[C@@H]1C(=O)N2C(C(=O)OCc3ccc([N+](=O)[O-])cc3)=C(S[C@H]3C[C@@H](C(=O)N4CCN(C)CC4)N(C(=O)OCc4ccc([N+](=O)[O-])cc4)C3)[C@H](C)[C@@H]12. The number of carbonyl (C=O) groups is 4. The third kappa shape index (κ3) is 9.05. The third-order valence-electron chi connectivity index (χ3n) is 10.6. The van der Waals surface area contributed by atoms with Crippen molar-refractivity contribution < 1.29 is 46.9 Å². The molecule has 2 aromatic carbocycles. The lowest BCUT2D eigenvalue weighted by Crippen LogP contribution is -2.66. The molecule has 2 aromatic rings. The van der Waals surface area contributed by atoms with Crippen LogP contribution in [-0.4, -0.2) is 131 Å². The zero-order valence-corrected chi connectivity index (χ0v) is 33.3. The first-order valence-electron chi connectivity index (χ1n) is 18.2. The van der Waals surface area contributed by atoms with Gasteiger partial charge in [-0.3, -0.25) is 34.7 Å². The standard InChI is InChI=1S/C36H43N7O12S2/c1-21-30-29(22(2)37-57(4,52)53)34(45)41(30)31(35(46)54-19-23-5-9-25(10-6-23)42(48)49)32(21)56-27-17-28(33(44)39-15-13-38(3)14-16-39)40(18-27)36(47)55-20-24-7-11-26(12-8-24)43(50)51/h5-12,21-22,27-30,37H,13-20H2,1-4H3/t21-,22-,27+,28+,29+,30+/m1/s1. The van der Waals surface area contributed by atoms with Crippen LogP contribution in [-0.2, 0) is 47.1 Å². The first-order chi connectivity index (χ1) is 26.9. The number of piperazine rings is 1. The van der Waals surface area contributed by atoms with E-state index < -0.39 is 73.1 Å². The van der Waals surface area contributed by atoms with Crippen molar-refractivity contribution in [3.63, 3.8) is 0 Å². The normalized spacial score (nSPS) is 24.2. The van der Waals surface area contributed by atoms with E-state index >= 15 is 0 Å². The molecule has 4 aliphatic heterocycles. The van der Waals surface area contributed by atoms with E-state index in [4.69, 9.17) is 9.47 Å². The van der Waals surface area contributed by atoms with Crippen LogP contribution in [0.4, 0.5) is 16.2 Å². The Balaban J connectivity index is 1.25. The number of likely N-dealkylation sites (tertiary alicyclic amines) is 1. The van der Waals surface area contributed by atoms with Crippen molar-refractivity contribution in [2.45, 2.75) is 56.9 Å². The number of likely N-dealkylation sites (N-methyl/N-ethyl adjacent to an activating group) is 1. The number of nitrogens with zero attached hydrogens (tertiary/aromatic N) is 6. The molecule has 3 amide bonds. The molecule has 3 fully saturated rings. The van der Waals surface area contributed by atoms with Gasteiger partial charge in [0.05, 0.1) is 28.1 Å². The molecule has 0 radical (unpaired) electrons. The van der Waals surface area contributed by atoms with Gasteiger partial charge in [0, 0.05) is 79.1 Å². The summed E-state index contributed by atoms with van der Waals surface area (Å²) in [6, 6.07) is 8.70. The minimum absolute atomic E-state index is 0.0200. The maximum Gasteiger partial charge on any atom is 0.410 e. The summed E-state index contributed by atoms with van der Waals surface area (Å²) in [7, 11) is -1.73. The second kappa shape index (κ2) is 16.8. The minimum atomic E-state index is -3.68. The summed E-state index contributed by atoms with van der Waals surface area (Å²) in [5.41, 5.74) is 0.693. The van der Waals surface area contributed by atoms with Crippen LogP contribution >= 0.6 is 11.8 Å². The molecule has 4 aliphatic rings. The Hall–Kier alpha value is -5.12. The van der Waals surface area contributed by atoms with E-state index in [1.54, 1.807) is 11.8 Å². The fourth-order valence-electron chi connectivity index (χ4n) is 7.71. The van der Waals surface area contributed by atoms with Gasteiger partial charge in [0.15, 0.2) is 0 Å². The van der Waals surface area contributed by atoms with E-state index in [1.165, 1.54) is 70.1 Å². The molecule has 19 nitrogen and oxygen atoms in total. The summed E-state index contributed by atoms with van der Waals surface area (Å²) in [6.07, 6.45) is 0.420. The Kier molecular flexibility index (Phi) is 12.2. The Morgan fingerprint density at radius 1 is 0.930 bits per heavy atom. The highest BCUT2D eigenvalue weighted by molar-refractivity contribution is 8.03. The average Bonchev–Trinajstić information content (AvgIpc) is 3.69. The summed E-state index contributed by atoms with van der Waals surface area (Å²) < 4.78 is 38.0. The van der Waals surface area contributed by atoms with Crippen LogP contribution in [0.25, 0.3) is 0 Å². The number of fused-ring (bicyclic) bond motifs is 1. The molecule has 6 rings (SSSR count). The van der Waals surface area contributed by atoms with Crippen LogP contribution in [0.15, 0.2) is 59.1 Å². The molecule has 0 spiro atoms. The fraction of sp³-hybridized carbons (Fsp3) is 0.500. The van der Waals surface area contributed by atoms with E-state index in [0.29, 0.717) is 42.2 Å². The quantitative estimate of drug-likeness (QED) is 0.132. The van der Waals surface area contributed by atoms with Crippen LogP contribution < -0.4 is 4.72 Å². The Morgan fingerprint density at radius 2 is 1.47 bits per heavy atom. The molecule has 57 heavy (non-hydrogen) atoms. The Morgan fingerprint density at radius 3 is 2.00 bits per heavy atom. The number of sulfonamides is 1. The van der Waals surface area contributed by atoms with Crippen molar-refractivity contribution >= 4 is 57.0 Å². The molecule has 0 aliphatic carbocycles. The second-order valence-corrected chi connectivity index (χ2v) is 17.8. The number of non-ortho nitro benzene ring substituents is 2. The highest BCUT2D eigenvalue weighted by Crippen LogP contribution is 2.52. The summed E-state index contributed by atoms with van der Waals surface area (Å²) >= 11 is 1.25. The van der Waals surface area contributed by atoms with Gasteiger partial charge in [-0.2, -0.15) is 0 Å². The molecule has 3 saturated heterocycles. The minimum Gasteiger partial charge on any atom is -0.456 e. The molecule has 0 aromatic heterocycles. The van der Waals surface area contributed by atoms with E-state index in [9.17, 15) is 47.8 Å². The van der Waals surface area contributed by atoms with Gasteiger partial charge in [0.25, 0.3) is 11.4 Å². The fourth-order valence-corrected chi connectivity index (χ4v) is 10.0. The van der Waals surface area contributed by atoms with Crippen molar-refractivity contribution in [2.75, 3.05) is 46.0 Å². The Bertz CT molecular complexity index is 2070. The number of nitro benzene ring substituents is 2. The monoisotopic (exact) mass is 829 g/mol. The van der Waals surface area contributed by atoms with Gasteiger partial charge in [-0.05, 0) is 55.8 Å². The number of nitrogens with one attached hydrogen (secondary N) is 1. The third-order valence-corrected chi connectivity index (χ3v) is 12.9. The smallest absolute Gasteiger partial charge is 0.410 e. The number of ether oxygens (including phenoxy) is 2. The zero-order valence-electron chi connectivity index (χ0n) is 31.6. The van der Waals surface area contributed by atoms with Gasteiger partial charge < -0.3 is 24.2 Å². The number of amides is 3. The number of benzene rings is 2. The second-order valence-electron chi connectivity index (χ2n) is 14.7. The van der Waals surface area contributed by atoms with Crippen LogP contribution in [0.5, 0.6) is 0 Å². The molecule has 0 bridgehead atoms. The predicted molar refractivity (Wildman–Crippen MR) is 204 cm³/mol. The topological polar surface area (TPSA) is 232 Å². The summed E-state index contributed by atoms with van der Waals surface area (Å²) in [6.45, 7) is 5.21. The number of hydrogen-bond acceptors (Lipinski definition) is 14. The molecule has 6 atom stereocenters. The van der Waals surface area contributed by atoms with E-state index in [0.717, 1.165) is 6.26 Å². The van der Waals surface area contributed by atoms with Crippen LogP contribution in [0.2, 0.25) is 0 Å². The van der Waals surface area contributed by atoms with E-state index in [1.807, 2.05) is 14.0 Å². The van der Waals surface area contributed by atoms with Crippen molar-refractivity contribution in [3.8, 4) is 0 Å². The van der Waals surface area contributed by atoms with Crippen molar-refractivity contribution in [3.05, 3.63) is 90.5 Å². The maximum absolute atomic E-state index is 14.0. The van der Waals surface area contributed by atoms with Crippen molar-refractivity contribution in [1.82, 2.24) is 24.3 Å². The lowest BCUT2D eigenvalue weighted by molar-refractivity contribution is -0.385. The number of rotatable bonds is 13. The molecule has 0 saturated carbocycles. The van der Waals surface area contributed by atoms with E-state index in [2.05, 4.69) is 9.62 Å². The average molecular weight is 830 g/mol. The molecule has 21 heteroatoms. The number of hydrogen-bond donors (Lipinski definition) is 1. The lowest BCUT2D eigenvalue weighted by Gasteiger charge is -2.47. The molecule has 1 N–H and O–H groups in total. The van der Waals surface area contributed by atoms with Gasteiger partial charge in [-0.15, -0.1) is 11.8 Å². The van der Waals surface area contributed by atoms with Gasteiger partial charge in [0.2, 0.25) is 21.8 Å². The molecular formula is C36H43N7O12S2. The number of β-lactam (4-membered cyclic amide) rings is 1. The number of carbonyl (C=O) groups excluding carboxylic acids is 4. The van der Waals surface area contributed by atoms with Crippen molar-refractivity contribution in [1.29, 1.82) is 0 Å². The maximum atomic E-state index is 14.0. The lowest BCUT2D eigenvalue weighted by atomic mass is 9.78. The van der Waals surface area contributed by atoms with Crippen LogP contribution in [0.3, 0.4) is 0 Å². The van der Waals surface area contributed by atoms with Crippen LogP contribution in [0, 0.1) is 32.1 Å². The largest absolute Gasteiger partial charge is 0.456 e. The van der Waals surface area contributed by atoms with E-state index in [-0.39, 0.29) is 49.2 Å². The van der Waals surface area contributed by atoms with Gasteiger partial charge in [-0.1, -0.05) is 6.92 Å². The van der Waals surface area contributed by atoms with Gasteiger partial charge >= 0.3 is 12.1 Å². The number of thioether (sulfide) groups is 1. The van der Waals surface area contributed by atoms with Crippen LogP contribution in [0.1, 0.15) is 31.4 Å². The molecule has 0 unspecified atom stereocenters. The van der Waals surface area contributed by atoms with Crippen molar-refractivity contribution in [2.24, 2.45) is 11.8 Å². The van der Waals surface area contributed by atoms with Gasteiger partial charge in [0.1, 0.15) is 25.0 Å². The highest BCUT2D eigenvalue weighted by atomic mass is 32.2. The molecular weight excluding hydrogens is 787 g/mol. The molecule has 306 valence electrons. The summed E-state index contributed by atoms with van der Waals surface area (Å²) in [4.78, 5) is 83.5. The number of esters is 1. The Labute approximate surface area is 332 Å². The summed E-state index contributed by atoms with van der Waals surface area (Å²) in [5.74, 6) is -2.83. The summed E-state index contributed by atoms with van der Waals surface area (Å²) in [5, 5.41) is 21.7. The number of nitro groups is 2. The predicted octanol–water partition coefficient (Wildman–Crippen LogP) is 2.46. The zero-order chi connectivity index (χ0) is 41.3. The highest BCUT2D eigenvalue weighted by Gasteiger charge is 2.61. The first-order valence-corrected chi connectivity index (χ1v) is 21.0. The van der Waals surface area contributed by atoms with Gasteiger partial charge in [-0.25, -0.2) is 22.7 Å². The molecule has 4 heterocycles.